The van der Waals surface area contributed by atoms with E-state index in [1.165, 1.54) is 12.1 Å². The number of rotatable bonds is 3. The Bertz CT molecular complexity index is 544. The highest BCUT2D eigenvalue weighted by Gasteiger charge is 2.29. The average Bonchev–Trinajstić information content (AvgIpc) is 2.36. The fourth-order valence-electron chi connectivity index (χ4n) is 1.71. The van der Waals surface area contributed by atoms with Crippen molar-refractivity contribution in [1.82, 2.24) is 0 Å². The molecular formula is C15H13F3O. The summed E-state index contributed by atoms with van der Waals surface area (Å²) in [6.45, 7) is 2.31. The molecule has 0 saturated carbocycles. The van der Waals surface area contributed by atoms with Gasteiger partial charge in [0.1, 0.15) is 12.4 Å². The minimum absolute atomic E-state index is 0.340. The summed E-state index contributed by atoms with van der Waals surface area (Å²) in [6, 6.07) is 12.5. The zero-order valence-corrected chi connectivity index (χ0v) is 10.4. The Balaban J connectivity index is 2.01. The van der Waals surface area contributed by atoms with E-state index in [4.69, 9.17) is 4.74 Å². The normalized spacial score (nSPS) is 11.4. The Hall–Kier alpha value is -1.97. The van der Waals surface area contributed by atoms with Gasteiger partial charge < -0.3 is 4.74 Å². The van der Waals surface area contributed by atoms with Crippen LogP contribution in [0.5, 0.6) is 5.75 Å². The fourth-order valence-corrected chi connectivity index (χ4v) is 1.71. The summed E-state index contributed by atoms with van der Waals surface area (Å²) in [6.07, 6.45) is -4.31. The highest BCUT2D eigenvalue weighted by molar-refractivity contribution is 5.29. The maximum Gasteiger partial charge on any atom is 0.416 e. The van der Waals surface area contributed by atoms with E-state index in [1.54, 1.807) is 0 Å². The van der Waals surface area contributed by atoms with Crippen LogP contribution in [-0.2, 0) is 12.8 Å². The number of halogens is 3. The third-order valence-corrected chi connectivity index (χ3v) is 2.67. The van der Waals surface area contributed by atoms with E-state index < -0.39 is 11.7 Å². The molecule has 4 heteroatoms. The van der Waals surface area contributed by atoms with Crippen molar-refractivity contribution >= 4 is 0 Å². The van der Waals surface area contributed by atoms with Gasteiger partial charge in [0, 0.05) is 0 Å². The van der Waals surface area contributed by atoms with Crippen LogP contribution in [0, 0.1) is 6.92 Å². The molecule has 2 rings (SSSR count). The van der Waals surface area contributed by atoms with Crippen molar-refractivity contribution in [2.24, 2.45) is 0 Å². The van der Waals surface area contributed by atoms with Gasteiger partial charge >= 0.3 is 6.18 Å². The molecule has 0 atom stereocenters. The molecule has 100 valence electrons. The minimum atomic E-state index is -4.31. The first-order valence-electron chi connectivity index (χ1n) is 5.81. The quantitative estimate of drug-likeness (QED) is 0.789. The number of ether oxygens (including phenoxy) is 1. The van der Waals surface area contributed by atoms with E-state index in [9.17, 15) is 13.2 Å². The molecule has 0 unspecified atom stereocenters. The summed E-state index contributed by atoms with van der Waals surface area (Å²) in [4.78, 5) is 0. The van der Waals surface area contributed by atoms with E-state index in [-0.39, 0.29) is 0 Å². The molecule has 0 saturated heterocycles. The summed E-state index contributed by atoms with van der Waals surface area (Å²) in [5.41, 5.74) is 1.43. The first-order chi connectivity index (χ1) is 8.95. The van der Waals surface area contributed by atoms with E-state index in [0.717, 1.165) is 23.3 Å². The average molecular weight is 266 g/mol. The number of aryl methyl sites for hydroxylation is 1. The van der Waals surface area contributed by atoms with Crippen LogP contribution >= 0.6 is 0 Å². The Morgan fingerprint density at radius 1 is 1.00 bits per heavy atom. The van der Waals surface area contributed by atoms with Crippen molar-refractivity contribution in [1.29, 1.82) is 0 Å². The molecule has 2 aromatic carbocycles. The summed E-state index contributed by atoms with van der Waals surface area (Å²) < 4.78 is 42.6. The van der Waals surface area contributed by atoms with Crippen molar-refractivity contribution in [2.75, 3.05) is 0 Å². The molecule has 19 heavy (non-hydrogen) atoms. The van der Waals surface area contributed by atoms with Crippen LogP contribution in [0.3, 0.4) is 0 Å². The zero-order valence-electron chi connectivity index (χ0n) is 10.4. The first kappa shape index (κ1) is 13.5. The Morgan fingerprint density at radius 3 is 2.26 bits per heavy atom. The molecular weight excluding hydrogens is 253 g/mol. The zero-order chi connectivity index (χ0) is 13.9. The molecule has 0 amide bonds. The van der Waals surface area contributed by atoms with Crippen LogP contribution in [0.4, 0.5) is 13.2 Å². The number of benzene rings is 2. The van der Waals surface area contributed by atoms with Crippen LogP contribution in [-0.4, -0.2) is 0 Å². The van der Waals surface area contributed by atoms with Crippen molar-refractivity contribution in [3.8, 4) is 5.75 Å². The van der Waals surface area contributed by atoms with Crippen LogP contribution in [0.25, 0.3) is 0 Å². The summed E-state index contributed by atoms with van der Waals surface area (Å²) >= 11 is 0. The molecule has 0 aliphatic heterocycles. The van der Waals surface area contributed by atoms with Crippen LogP contribution < -0.4 is 4.74 Å². The van der Waals surface area contributed by atoms with Gasteiger partial charge in [-0.25, -0.2) is 0 Å². The molecule has 0 aliphatic rings. The molecule has 0 spiro atoms. The van der Waals surface area contributed by atoms with Gasteiger partial charge in [-0.05, 0) is 36.8 Å². The summed E-state index contributed by atoms with van der Waals surface area (Å²) in [5, 5.41) is 0. The summed E-state index contributed by atoms with van der Waals surface area (Å²) in [5.74, 6) is 0.425. The van der Waals surface area contributed by atoms with Crippen molar-refractivity contribution in [3.63, 3.8) is 0 Å². The molecule has 0 radical (unpaired) electrons. The molecule has 0 bridgehead atoms. The largest absolute Gasteiger partial charge is 0.489 e. The number of alkyl halides is 3. The third kappa shape index (κ3) is 3.74. The Kier molecular flexibility index (Phi) is 3.79. The SMILES string of the molecule is Cc1cccc(COc2ccc(C(F)(F)F)cc2)c1. The lowest BCUT2D eigenvalue weighted by Gasteiger charge is -2.09. The van der Waals surface area contributed by atoms with Gasteiger partial charge in [-0.2, -0.15) is 13.2 Å². The Labute approximate surface area is 109 Å². The van der Waals surface area contributed by atoms with Crippen molar-refractivity contribution < 1.29 is 17.9 Å². The van der Waals surface area contributed by atoms with Crippen LogP contribution in [0.2, 0.25) is 0 Å². The third-order valence-electron chi connectivity index (χ3n) is 2.67. The first-order valence-corrected chi connectivity index (χ1v) is 5.81. The molecule has 0 N–H and O–H groups in total. The molecule has 1 nitrogen and oxygen atoms in total. The van der Waals surface area contributed by atoms with E-state index in [1.807, 2.05) is 31.2 Å². The predicted molar refractivity (Wildman–Crippen MR) is 67.0 cm³/mol. The standard InChI is InChI=1S/C15H13F3O/c1-11-3-2-4-12(9-11)10-19-14-7-5-13(6-8-14)15(16,17)18/h2-9H,10H2,1H3. The van der Waals surface area contributed by atoms with Gasteiger partial charge in [0.05, 0.1) is 5.56 Å². The maximum atomic E-state index is 12.4. The van der Waals surface area contributed by atoms with Gasteiger partial charge in [0.2, 0.25) is 0 Å². The van der Waals surface area contributed by atoms with Crippen molar-refractivity contribution in [3.05, 3.63) is 65.2 Å². The number of hydrogen-bond acceptors (Lipinski definition) is 1. The highest BCUT2D eigenvalue weighted by Crippen LogP contribution is 2.30. The summed E-state index contributed by atoms with van der Waals surface area (Å²) in [7, 11) is 0. The van der Waals surface area contributed by atoms with Gasteiger partial charge in [-0.3, -0.25) is 0 Å². The molecule has 0 fully saturated rings. The molecule has 0 aliphatic carbocycles. The van der Waals surface area contributed by atoms with E-state index >= 15 is 0 Å². The molecule has 0 aromatic heterocycles. The van der Waals surface area contributed by atoms with Crippen LogP contribution in [0.1, 0.15) is 16.7 Å². The second kappa shape index (κ2) is 5.34. The van der Waals surface area contributed by atoms with Gasteiger partial charge in [0.15, 0.2) is 0 Å². The van der Waals surface area contributed by atoms with Gasteiger partial charge in [-0.15, -0.1) is 0 Å². The smallest absolute Gasteiger partial charge is 0.416 e. The lowest BCUT2D eigenvalue weighted by atomic mass is 10.1. The molecule has 0 heterocycles. The van der Waals surface area contributed by atoms with Crippen LogP contribution in [0.15, 0.2) is 48.5 Å². The lowest BCUT2D eigenvalue weighted by molar-refractivity contribution is -0.137. The number of hydrogen-bond donors (Lipinski definition) is 0. The second-order valence-electron chi connectivity index (χ2n) is 4.30. The minimum Gasteiger partial charge on any atom is -0.489 e. The van der Waals surface area contributed by atoms with E-state index in [0.29, 0.717) is 12.4 Å². The maximum absolute atomic E-state index is 12.4. The predicted octanol–water partition coefficient (Wildman–Crippen LogP) is 4.59. The Morgan fingerprint density at radius 2 is 1.68 bits per heavy atom. The van der Waals surface area contributed by atoms with Gasteiger partial charge in [-0.1, -0.05) is 29.8 Å². The fraction of sp³-hybridized carbons (Fsp3) is 0.200. The highest BCUT2D eigenvalue weighted by atomic mass is 19.4. The second-order valence-corrected chi connectivity index (χ2v) is 4.30. The van der Waals surface area contributed by atoms with Gasteiger partial charge in [0.25, 0.3) is 0 Å². The monoisotopic (exact) mass is 266 g/mol. The van der Waals surface area contributed by atoms with E-state index in [2.05, 4.69) is 0 Å². The molecule has 2 aromatic rings. The topological polar surface area (TPSA) is 9.23 Å². The van der Waals surface area contributed by atoms with Crippen molar-refractivity contribution in [2.45, 2.75) is 19.7 Å². The lowest BCUT2D eigenvalue weighted by Crippen LogP contribution is -2.04.